The van der Waals surface area contributed by atoms with Crippen LogP contribution in [0.2, 0.25) is 5.02 Å². The second kappa shape index (κ2) is 4.75. The van der Waals surface area contributed by atoms with Gasteiger partial charge in [-0.3, -0.25) is 4.68 Å². The highest BCUT2D eigenvalue weighted by atomic mass is 35.5. The maximum absolute atomic E-state index is 12.3. The molecule has 2 heterocycles. The van der Waals surface area contributed by atoms with Crippen LogP contribution >= 0.6 is 22.9 Å². The van der Waals surface area contributed by atoms with Gasteiger partial charge < -0.3 is 0 Å². The number of halogens is 4. The summed E-state index contributed by atoms with van der Waals surface area (Å²) in [4.78, 5) is 4.35. The van der Waals surface area contributed by atoms with E-state index in [-0.39, 0.29) is 0 Å². The first-order valence-electron chi connectivity index (χ1n) is 5.56. The fourth-order valence-electron chi connectivity index (χ4n) is 1.77. The predicted molar refractivity (Wildman–Crippen MR) is 71.9 cm³/mol. The van der Waals surface area contributed by atoms with Crippen LogP contribution in [-0.2, 0) is 6.54 Å². The molecular formula is C12H7ClF3N3S. The first kappa shape index (κ1) is 13.4. The molecule has 0 saturated carbocycles. The average Bonchev–Trinajstić information content (AvgIpc) is 2.92. The number of rotatable bonds is 2. The van der Waals surface area contributed by atoms with E-state index >= 15 is 0 Å². The summed E-state index contributed by atoms with van der Waals surface area (Å²) in [5.41, 5.74) is 1.28. The van der Waals surface area contributed by atoms with Crippen LogP contribution < -0.4 is 0 Å². The van der Waals surface area contributed by atoms with Gasteiger partial charge in [0.2, 0.25) is 0 Å². The molecule has 0 radical (unpaired) electrons. The number of aromatic nitrogens is 3. The Morgan fingerprint density at radius 1 is 1.30 bits per heavy atom. The minimum absolute atomic E-state index is 0.562. The van der Waals surface area contributed by atoms with Crippen molar-refractivity contribution >= 4 is 33.2 Å². The highest BCUT2D eigenvalue weighted by molar-refractivity contribution is 7.21. The number of fused-ring (bicyclic) bond motifs is 1. The van der Waals surface area contributed by atoms with Crippen LogP contribution in [0.3, 0.4) is 0 Å². The van der Waals surface area contributed by atoms with Crippen LogP contribution in [0.5, 0.6) is 0 Å². The molecule has 0 unspecified atom stereocenters. The van der Waals surface area contributed by atoms with Crippen molar-refractivity contribution in [3.05, 3.63) is 35.6 Å². The lowest BCUT2D eigenvalue weighted by Gasteiger charge is -2.04. The Hall–Kier alpha value is -1.60. The molecule has 0 fully saturated rings. The van der Waals surface area contributed by atoms with E-state index in [2.05, 4.69) is 10.1 Å². The van der Waals surface area contributed by atoms with Crippen LogP contribution in [0, 0.1) is 0 Å². The molecule has 0 atom stereocenters. The molecule has 0 amide bonds. The molecule has 2 aromatic heterocycles. The molecule has 0 N–H and O–H groups in total. The second-order valence-corrected chi connectivity index (χ2v) is 5.64. The largest absolute Gasteiger partial charge is 0.408 e. The van der Waals surface area contributed by atoms with Gasteiger partial charge >= 0.3 is 6.18 Å². The van der Waals surface area contributed by atoms with E-state index in [0.29, 0.717) is 15.6 Å². The molecule has 0 spiro atoms. The Kier molecular flexibility index (Phi) is 3.18. The molecule has 3 nitrogen and oxygen atoms in total. The Balaban J connectivity index is 1.95. The van der Waals surface area contributed by atoms with Crippen molar-refractivity contribution in [3.8, 4) is 10.6 Å². The van der Waals surface area contributed by atoms with Crippen LogP contribution in [0.1, 0.15) is 0 Å². The number of nitrogens with zero attached hydrogens (tertiary/aromatic N) is 3. The lowest BCUT2D eigenvalue weighted by atomic mass is 10.3. The summed E-state index contributed by atoms with van der Waals surface area (Å²) < 4.78 is 38.6. The molecule has 8 heteroatoms. The smallest absolute Gasteiger partial charge is 0.263 e. The Morgan fingerprint density at radius 3 is 2.85 bits per heavy atom. The van der Waals surface area contributed by atoms with E-state index in [4.69, 9.17) is 11.6 Å². The van der Waals surface area contributed by atoms with Gasteiger partial charge in [0.05, 0.1) is 16.4 Å². The van der Waals surface area contributed by atoms with Gasteiger partial charge in [0.25, 0.3) is 0 Å². The van der Waals surface area contributed by atoms with Crippen LogP contribution in [0.4, 0.5) is 13.2 Å². The predicted octanol–water partition coefficient (Wildman–Crippen LogP) is 4.38. The van der Waals surface area contributed by atoms with Crippen molar-refractivity contribution in [1.82, 2.24) is 14.8 Å². The van der Waals surface area contributed by atoms with Gasteiger partial charge in [0, 0.05) is 16.8 Å². The van der Waals surface area contributed by atoms with Crippen molar-refractivity contribution in [3.63, 3.8) is 0 Å². The van der Waals surface area contributed by atoms with Gasteiger partial charge in [-0.1, -0.05) is 11.6 Å². The zero-order chi connectivity index (χ0) is 14.3. The normalized spacial score (nSPS) is 12.2. The summed E-state index contributed by atoms with van der Waals surface area (Å²) in [6.07, 6.45) is -1.57. The highest BCUT2D eigenvalue weighted by Gasteiger charge is 2.28. The van der Waals surface area contributed by atoms with Crippen LogP contribution in [0.25, 0.3) is 20.8 Å². The Morgan fingerprint density at radius 2 is 2.10 bits per heavy atom. The van der Waals surface area contributed by atoms with E-state index in [1.165, 1.54) is 23.7 Å². The molecule has 0 saturated heterocycles. The SMILES string of the molecule is FC(F)(F)Cn1cc(-c2nc3cc(Cl)ccc3s2)cn1. The van der Waals surface area contributed by atoms with Gasteiger partial charge in [-0.25, -0.2) is 4.98 Å². The maximum atomic E-state index is 12.3. The van der Waals surface area contributed by atoms with Gasteiger partial charge in [-0.05, 0) is 18.2 Å². The highest BCUT2D eigenvalue weighted by Crippen LogP contribution is 2.31. The summed E-state index contributed by atoms with van der Waals surface area (Å²) in [5, 5.41) is 4.90. The maximum Gasteiger partial charge on any atom is 0.408 e. The van der Waals surface area contributed by atoms with Crippen LogP contribution in [-0.4, -0.2) is 20.9 Å². The number of hydrogen-bond donors (Lipinski definition) is 0. The van der Waals surface area contributed by atoms with E-state index < -0.39 is 12.7 Å². The topological polar surface area (TPSA) is 30.7 Å². The van der Waals surface area contributed by atoms with Crippen molar-refractivity contribution in [1.29, 1.82) is 0 Å². The van der Waals surface area contributed by atoms with E-state index in [1.807, 2.05) is 6.07 Å². The summed E-state index contributed by atoms with van der Waals surface area (Å²) >= 11 is 7.26. The Labute approximate surface area is 120 Å². The van der Waals surface area contributed by atoms with Gasteiger partial charge in [0.15, 0.2) is 0 Å². The molecule has 1 aromatic carbocycles. The monoisotopic (exact) mass is 317 g/mol. The number of thiazole rings is 1. The first-order valence-corrected chi connectivity index (χ1v) is 6.76. The summed E-state index contributed by atoms with van der Waals surface area (Å²) in [7, 11) is 0. The number of alkyl halides is 3. The molecule has 0 aliphatic carbocycles. The molecule has 0 aliphatic rings. The number of hydrogen-bond acceptors (Lipinski definition) is 3. The fraction of sp³-hybridized carbons (Fsp3) is 0.167. The van der Waals surface area contributed by atoms with Crippen LogP contribution in [0.15, 0.2) is 30.6 Å². The molecule has 3 rings (SSSR count). The molecule has 3 aromatic rings. The average molecular weight is 318 g/mol. The standard InChI is InChI=1S/C12H7ClF3N3S/c13-8-1-2-10-9(3-8)18-11(20-10)7-4-17-19(5-7)6-12(14,15)16/h1-5H,6H2. The third-order valence-corrected chi connectivity index (χ3v) is 3.89. The van der Waals surface area contributed by atoms with Gasteiger partial charge in [-0.2, -0.15) is 18.3 Å². The van der Waals surface area contributed by atoms with Crippen molar-refractivity contribution < 1.29 is 13.2 Å². The molecule has 104 valence electrons. The first-order chi connectivity index (χ1) is 9.40. The summed E-state index contributed by atoms with van der Waals surface area (Å²) in [6.45, 7) is -1.11. The van der Waals surface area contributed by atoms with Crippen molar-refractivity contribution in [2.24, 2.45) is 0 Å². The summed E-state index contributed by atoms with van der Waals surface area (Å²) in [6, 6.07) is 5.30. The molecule has 20 heavy (non-hydrogen) atoms. The van der Waals surface area contributed by atoms with Crippen molar-refractivity contribution in [2.75, 3.05) is 0 Å². The minimum atomic E-state index is -4.29. The minimum Gasteiger partial charge on any atom is -0.263 e. The molecule has 0 aliphatic heterocycles. The zero-order valence-electron chi connectivity index (χ0n) is 9.86. The molecule has 0 bridgehead atoms. The van der Waals surface area contributed by atoms with E-state index in [1.54, 1.807) is 12.1 Å². The van der Waals surface area contributed by atoms with Crippen molar-refractivity contribution in [2.45, 2.75) is 12.7 Å². The summed E-state index contributed by atoms with van der Waals surface area (Å²) in [5.74, 6) is 0. The van der Waals surface area contributed by atoms with Gasteiger partial charge in [0.1, 0.15) is 11.6 Å². The lowest BCUT2D eigenvalue weighted by molar-refractivity contribution is -0.142. The van der Waals surface area contributed by atoms with E-state index in [0.717, 1.165) is 14.9 Å². The third kappa shape index (κ3) is 2.78. The quantitative estimate of drug-likeness (QED) is 0.702. The fourth-order valence-corrected chi connectivity index (χ4v) is 2.86. The third-order valence-electron chi connectivity index (χ3n) is 2.57. The van der Waals surface area contributed by atoms with E-state index in [9.17, 15) is 13.2 Å². The zero-order valence-corrected chi connectivity index (χ0v) is 11.4. The van der Waals surface area contributed by atoms with Gasteiger partial charge in [-0.15, -0.1) is 11.3 Å². The Bertz CT molecular complexity index is 763. The lowest BCUT2D eigenvalue weighted by Crippen LogP contribution is -2.17. The number of benzene rings is 1. The second-order valence-electron chi connectivity index (χ2n) is 4.17. The molecular weight excluding hydrogens is 311 g/mol.